The number of rotatable bonds is 6. The Morgan fingerprint density at radius 2 is 1.58 bits per heavy atom. The van der Waals surface area contributed by atoms with E-state index in [1.54, 1.807) is 19.1 Å². The Balaban J connectivity index is 0.000000572. The van der Waals surface area contributed by atoms with Crippen LogP contribution in [0.3, 0.4) is 0 Å². The standard InChI is InChI=1S/C23H27FN2O3.C2HF3O2/c1-3-29-23(28)19-10-8-18(9-11-19)17-6-4-16(5-7-17)15(2)21(25)22(27)26-13-12-20(24)14-26;3-2(4,5)1(6)7/h4-11,15,20-21H,3,12-14,25H2,1-2H3;(H,6,7)/t15-,20-,21-;/m0./s1. The molecule has 1 heterocycles. The number of esters is 1. The molecule has 1 saturated heterocycles. The maximum absolute atomic E-state index is 13.4. The molecule has 2 aromatic carbocycles. The summed E-state index contributed by atoms with van der Waals surface area (Å²) in [7, 11) is 0. The molecule has 196 valence electrons. The van der Waals surface area contributed by atoms with Crippen molar-refractivity contribution in [1.82, 2.24) is 4.90 Å². The van der Waals surface area contributed by atoms with Crippen molar-refractivity contribution in [3.8, 4) is 11.1 Å². The van der Waals surface area contributed by atoms with Crippen LogP contribution >= 0.6 is 0 Å². The first-order chi connectivity index (χ1) is 16.8. The average molecular weight is 513 g/mol. The van der Waals surface area contributed by atoms with Gasteiger partial charge in [0.15, 0.2) is 0 Å². The lowest BCUT2D eigenvalue weighted by Gasteiger charge is -2.25. The molecule has 1 amide bonds. The number of amides is 1. The number of carboxylic acid groups (broad SMARTS) is 1. The maximum Gasteiger partial charge on any atom is 0.490 e. The first-order valence-corrected chi connectivity index (χ1v) is 11.2. The van der Waals surface area contributed by atoms with Crippen LogP contribution in [0.25, 0.3) is 11.1 Å². The third kappa shape index (κ3) is 7.77. The molecule has 11 heteroatoms. The van der Waals surface area contributed by atoms with Crippen LogP contribution in [0.4, 0.5) is 17.6 Å². The lowest BCUT2D eigenvalue weighted by atomic mass is 9.91. The van der Waals surface area contributed by atoms with Gasteiger partial charge in [0, 0.05) is 12.5 Å². The van der Waals surface area contributed by atoms with E-state index >= 15 is 0 Å². The molecule has 0 radical (unpaired) electrons. The highest BCUT2D eigenvalue weighted by Gasteiger charge is 2.38. The number of carbonyl (C=O) groups is 3. The maximum atomic E-state index is 13.4. The number of benzene rings is 2. The molecule has 3 N–H and O–H groups in total. The van der Waals surface area contributed by atoms with Crippen LogP contribution in [0.5, 0.6) is 0 Å². The van der Waals surface area contributed by atoms with Crippen LogP contribution in [-0.4, -0.2) is 65.9 Å². The van der Waals surface area contributed by atoms with Gasteiger partial charge in [-0.3, -0.25) is 4.79 Å². The van der Waals surface area contributed by atoms with Crippen LogP contribution in [0.1, 0.15) is 42.1 Å². The number of aliphatic carboxylic acids is 1. The SMILES string of the molecule is CCOC(=O)c1ccc(-c2ccc([C@H](C)[C@H](N)C(=O)N3CC[C@H](F)C3)cc2)cc1.O=C(O)C(F)(F)F. The Labute approximate surface area is 205 Å². The lowest BCUT2D eigenvalue weighted by molar-refractivity contribution is -0.192. The fraction of sp³-hybridized carbons (Fsp3) is 0.400. The molecule has 0 spiro atoms. The molecule has 0 aliphatic carbocycles. The van der Waals surface area contributed by atoms with Crippen LogP contribution in [-0.2, 0) is 14.3 Å². The molecule has 3 rings (SSSR count). The quantitative estimate of drug-likeness (QED) is 0.444. The van der Waals surface area contributed by atoms with Crippen molar-refractivity contribution in [3.05, 3.63) is 59.7 Å². The minimum atomic E-state index is -5.08. The number of hydrogen-bond donors (Lipinski definition) is 2. The van der Waals surface area contributed by atoms with Crippen molar-refractivity contribution in [2.75, 3.05) is 19.7 Å². The number of nitrogens with two attached hydrogens (primary N) is 1. The van der Waals surface area contributed by atoms with Gasteiger partial charge < -0.3 is 20.5 Å². The summed E-state index contributed by atoms with van der Waals surface area (Å²) in [6.45, 7) is 4.60. The van der Waals surface area contributed by atoms with Crippen molar-refractivity contribution in [2.24, 2.45) is 5.73 Å². The summed E-state index contributed by atoms with van der Waals surface area (Å²) in [5.41, 5.74) is 9.62. The topological polar surface area (TPSA) is 110 Å². The van der Waals surface area contributed by atoms with Gasteiger partial charge >= 0.3 is 18.1 Å². The van der Waals surface area contributed by atoms with Gasteiger partial charge in [0.1, 0.15) is 6.17 Å². The highest BCUT2D eigenvalue weighted by molar-refractivity contribution is 5.90. The van der Waals surface area contributed by atoms with Crippen molar-refractivity contribution in [1.29, 1.82) is 0 Å². The summed E-state index contributed by atoms with van der Waals surface area (Å²) in [5.74, 6) is -3.47. The molecule has 0 aromatic heterocycles. The second kappa shape index (κ2) is 12.5. The highest BCUT2D eigenvalue weighted by Crippen LogP contribution is 2.26. The van der Waals surface area contributed by atoms with E-state index in [4.69, 9.17) is 20.4 Å². The van der Waals surface area contributed by atoms with Gasteiger partial charge in [-0.2, -0.15) is 13.2 Å². The zero-order valence-electron chi connectivity index (χ0n) is 19.8. The fourth-order valence-electron chi connectivity index (χ4n) is 3.54. The number of ether oxygens (including phenoxy) is 1. The van der Waals surface area contributed by atoms with Crippen LogP contribution < -0.4 is 5.73 Å². The molecule has 36 heavy (non-hydrogen) atoms. The molecule has 1 aliphatic rings. The average Bonchev–Trinajstić information content (AvgIpc) is 3.29. The summed E-state index contributed by atoms with van der Waals surface area (Å²) < 4.78 is 50.1. The molecular weight excluding hydrogens is 484 g/mol. The Morgan fingerprint density at radius 1 is 1.08 bits per heavy atom. The first kappa shape index (κ1) is 28.8. The van der Waals surface area contributed by atoms with Gasteiger partial charge in [0.2, 0.25) is 5.91 Å². The fourth-order valence-corrected chi connectivity index (χ4v) is 3.54. The minimum absolute atomic E-state index is 0.139. The van der Waals surface area contributed by atoms with Crippen LogP contribution in [0.2, 0.25) is 0 Å². The van der Waals surface area contributed by atoms with Gasteiger partial charge in [-0.25, -0.2) is 14.0 Å². The predicted octanol–water partition coefficient (Wildman–Crippen LogP) is 4.16. The number of hydrogen-bond acceptors (Lipinski definition) is 5. The van der Waals surface area contributed by atoms with Gasteiger partial charge in [-0.15, -0.1) is 0 Å². The smallest absolute Gasteiger partial charge is 0.475 e. The molecule has 1 aliphatic heterocycles. The number of carbonyl (C=O) groups excluding carboxylic acids is 2. The van der Waals surface area contributed by atoms with Crippen molar-refractivity contribution in [3.63, 3.8) is 0 Å². The zero-order valence-corrected chi connectivity index (χ0v) is 19.8. The third-order valence-corrected chi connectivity index (χ3v) is 5.67. The van der Waals surface area contributed by atoms with Crippen molar-refractivity contribution < 1.29 is 41.8 Å². The van der Waals surface area contributed by atoms with Gasteiger partial charge in [-0.05, 0) is 42.2 Å². The van der Waals surface area contributed by atoms with Crippen LogP contribution in [0.15, 0.2) is 48.5 Å². The summed E-state index contributed by atoms with van der Waals surface area (Å²) >= 11 is 0. The summed E-state index contributed by atoms with van der Waals surface area (Å²) in [4.78, 5) is 34.7. The van der Waals surface area contributed by atoms with Gasteiger partial charge in [0.05, 0.1) is 24.8 Å². The largest absolute Gasteiger partial charge is 0.490 e. The Kier molecular flexibility index (Phi) is 9.97. The molecular formula is C25H28F4N2O5. The predicted molar refractivity (Wildman–Crippen MR) is 124 cm³/mol. The Bertz CT molecular complexity index is 1040. The minimum Gasteiger partial charge on any atom is -0.475 e. The molecule has 1 fully saturated rings. The summed E-state index contributed by atoms with van der Waals surface area (Å²) in [5, 5.41) is 7.12. The van der Waals surface area contributed by atoms with E-state index in [0.717, 1.165) is 16.7 Å². The lowest BCUT2D eigenvalue weighted by Crippen LogP contribution is -2.45. The highest BCUT2D eigenvalue weighted by atomic mass is 19.4. The van der Waals surface area contributed by atoms with Crippen LogP contribution in [0, 0.1) is 0 Å². The number of nitrogens with zero attached hydrogens (tertiary/aromatic N) is 1. The van der Waals surface area contributed by atoms with E-state index in [0.29, 0.717) is 25.1 Å². The molecule has 2 aromatic rings. The van der Waals surface area contributed by atoms with E-state index in [1.807, 2.05) is 43.3 Å². The number of halogens is 4. The normalized spacial score (nSPS) is 17.0. The second-order valence-corrected chi connectivity index (χ2v) is 8.21. The first-order valence-electron chi connectivity index (χ1n) is 11.2. The van der Waals surface area contributed by atoms with E-state index in [9.17, 15) is 27.2 Å². The molecule has 7 nitrogen and oxygen atoms in total. The summed E-state index contributed by atoms with van der Waals surface area (Å²) in [6, 6.07) is 14.4. The van der Waals surface area contributed by atoms with Gasteiger partial charge in [-0.1, -0.05) is 43.3 Å². The summed E-state index contributed by atoms with van der Waals surface area (Å²) in [6.07, 6.45) is -5.65. The Hall–Kier alpha value is -3.47. The zero-order chi connectivity index (χ0) is 27.0. The number of alkyl halides is 4. The van der Waals surface area contributed by atoms with E-state index in [-0.39, 0.29) is 24.3 Å². The van der Waals surface area contributed by atoms with Gasteiger partial charge in [0.25, 0.3) is 0 Å². The number of likely N-dealkylation sites (tertiary alicyclic amines) is 1. The monoisotopic (exact) mass is 512 g/mol. The van der Waals surface area contributed by atoms with E-state index < -0.39 is 24.4 Å². The molecule has 0 bridgehead atoms. The molecule has 3 atom stereocenters. The molecule has 0 unspecified atom stereocenters. The Morgan fingerprint density at radius 3 is 2.00 bits per heavy atom. The molecule has 0 saturated carbocycles. The van der Waals surface area contributed by atoms with Crippen molar-refractivity contribution >= 4 is 17.8 Å². The van der Waals surface area contributed by atoms with Crippen molar-refractivity contribution in [2.45, 2.75) is 44.6 Å². The third-order valence-electron chi connectivity index (χ3n) is 5.67. The number of carboxylic acids is 1. The second-order valence-electron chi connectivity index (χ2n) is 8.21. The van der Waals surface area contributed by atoms with E-state index in [1.165, 1.54) is 4.90 Å². The van der Waals surface area contributed by atoms with E-state index in [2.05, 4.69) is 0 Å².